The van der Waals surface area contributed by atoms with Crippen molar-refractivity contribution < 1.29 is 48.7 Å². The van der Waals surface area contributed by atoms with E-state index in [-0.39, 0.29) is 35.6 Å². The van der Waals surface area contributed by atoms with Crippen LogP contribution in [-0.2, 0) is 54.0 Å². The molecule has 7 aromatic carbocycles. The molecule has 0 saturated heterocycles. The number of fused-ring (bicyclic) bond motifs is 3. The van der Waals surface area contributed by atoms with Gasteiger partial charge in [-0.05, 0) is 39.5 Å². The van der Waals surface area contributed by atoms with Gasteiger partial charge in [0.15, 0.2) is 0 Å². The van der Waals surface area contributed by atoms with E-state index in [1.54, 1.807) is 3.26 Å². The predicted molar refractivity (Wildman–Crippen MR) is 229 cm³/mol. The van der Waals surface area contributed by atoms with Crippen LogP contribution >= 0.6 is 0 Å². The molecule has 0 N–H and O–H groups in total. The SMILES string of the molecule is CC(C)(C)c1cc2c([c-]c1-c1ccccc1)Cc1cc(-c3ccccc3)c(C(C)(C)C)cc1-2.[Cl-].[Cl-].[Hf+2]=[C](Cc1ccccc1)Cc1ccccc1.c1cc[cH-]c1. The molecular weight excluding hydrogens is 886 g/mol. The summed E-state index contributed by atoms with van der Waals surface area (Å²) in [6, 6.07) is 64.3. The molecule has 0 amide bonds. The standard InChI is InChI=1S/C33H33.C15H14.C5H5.2ClH.Hf/c1-32(2,3)30-20-26-24(18-28(30)22-13-9-7-10-14-22)17-25-19-29(23-15-11-8-12-16-23)31(21-27(25)26)33(4,5)6;1-3-8-14(9-4-1)12-7-13-15-10-5-2-6-11-15;1-2-4-5-3-1;;;/h7-16,18,20-21H,17H2,1-6H3;1-6,8-11H,12-13H2;1-5H;2*1H;/q-1;;-1;;;+2/p-2. The van der Waals surface area contributed by atoms with Crippen LogP contribution in [0.4, 0.5) is 0 Å². The Balaban J connectivity index is 0.000000252. The Kier molecular flexibility index (Phi) is 16.3. The normalized spacial score (nSPS) is 11.3. The van der Waals surface area contributed by atoms with E-state index < -0.39 is 0 Å². The fourth-order valence-electron chi connectivity index (χ4n) is 7.17. The van der Waals surface area contributed by atoms with Crippen molar-refractivity contribution in [1.29, 1.82) is 0 Å². The van der Waals surface area contributed by atoms with Gasteiger partial charge < -0.3 is 24.8 Å². The van der Waals surface area contributed by atoms with Crippen LogP contribution in [0, 0.1) is 6.07 Å². The van der Waals surface area contributed by atoms with Gasteiger partial charge in [-0.1, -0.05) is 131 Å². The first-order chi connectivity index (χ1) is 26.0. The molecule has 0 unspecified atom stereocenters. The molecule has 0 heterocycles. The molecule has 0 aliphatic heterocycles. The minimum atomic E-state index is 0. The Morgan fingerprint density at radius 1 is 0.536 bits per heavy atom. The van der Waals surface area contributed by atoms with Crippen LogP contribution in [0.1, 0.15) is 74.9 Å². The summed E-state index contributed by atoms with van der Waals surface area (Å²) in [5.74, 6) is 0. The third kappa shape index (κ3) is 11.8. The van der Waals surface area contributed by atoms with Gasteiger partial charge in [0.05, 0.1) is 0 Å². The molecular formula is C53H52Cl2Hf-2. The van der Waals surface area contributed by atoms with Crippen LogP contribution in [0.2, 0.25) is 0 Å². The maximum Gasteiger partial charge on any atom is -0.172 e. The Bertz CT molecular complexity index is 2080. The van der Waals surface area contributed by atoms with Crippen molar-refractivity contribution in [3.8, 4) is 33.4 Å². The van der Waals surface area contributed by atoms with Gasteiger partial charge in [-0.15, -0.1) is 28.8 Å². The number of halogens is 2. The van der Waals surface area contributed by atoms with Crippen molar-refractivity contribution in [3.05, 3.63) is 209 Å². The van der Waals surface area contributed by atoms with E-state index in [0.29, 0.717) is 0 Å². The third-order valence-electron chi connectivity index (χ3n) is 9.90. The monoisotopic (exact) mass is 938 g/mol. The van der Waals surface area contributed by atoms with Crippen LogP contribution in [0.15, 0.2) is 170 Å². The van der Waals surface area contributed by atoms with Gasteiger partial charge in [0.1, 0.15) is 0 Å². The zero-order valence-electron chi connectivity index (χ0n) is 33.5. The molecule has 8 rings (SSSR count). The van der Waals surface area contributed by atoms with Crippen LogP contribution in [-0.4, -0.2) is 3.26 Å². The topological polar surface area (TPSA) is 0 Å². The predicted octanol–water partition coefficient (Wildman–Crippen LogP) is 7.59. The molecule has 7 aromatic rings. The molecule has 0 spiro atoms. The first-order valence-electron chi connectivity index (χ1n) is 19.2. The summed E-state index contributed by atoms with van der Waals surface area (Å²) >= 11 is 1.18. The van der Waals surface area contributed by atoms with E-state index in [1.807, 2.05) is 30.3 Å². The molecule has 56 heavy (non-hydrogen) atoms. The average Bonchev–Trinajstić information content (AvgIpc) is 3.87. The number of benzene rings is 6. The van der Waals surface area contributed by atoms with E-state index >= 15 is 0 Å². The summed E-state index contributed by atoms with van der Waals surface area (Å²) in [4.78, 5) is 0. The van der Waals surface area contributed by atoms with Gasteiger partial charge in [-0.25, -0.2) is 12.1 Å². The van der Waals surface area contributed by atoms with E-state index in [1.165, 1.54) is 90.7 Å². The minimum Gasteiger partial charge on any atom is -0.214 e. The van der Waals surface area contributed by atoms with Gasteiger partial charge in [0.25, 0.3) is 0 Å². The third-order valence-corrected chi connectivity index (χ3v) is 11.2. The zero-order valence-corrected chi connectivity index (χ0v) is 38.6. The van der Waals surface area contributed by atoms with Crippen LogP contribution in [0.5, 0.6) is 0 Å². The van der Waals surface area contributed by atoms with Crippen molar-refractivity contribution in [1.82, 2.24) is 0 Å². The van der Waals surface area contributed by atoms with E-state index in [0.717, 1.165) is 19.3 Å². The van der Waals surface area contributed by atoms with Crippen LogP contribution < -0.4 is 24.8 Å². The summed E-state index contributed by atoms with van der Waals surface area (Å²) in [5.41, 5.74) is 16.4. The second kappa shape index (κ2) is 20.4. The number of hydrogen-bond acceptors (Lipinski definition) is 0. The Morgan fingerprint density at radius 3 is 1.43 bits per heavy atom. The average molecular weight is 938 g/mol. The van der Waals surface area contributed by atoms with Crippen molar-refractivity contribution in [2.75, 3.05) is 0 Å². The maximum atomic E-state index is 3.88. The van der Waals surface area contributed by atoms with Gasteiger partial charge in [-0.3, -0.25) is 0 Å². The van der Waals surface area contributed by atoms with Crippen LogP contribution in [0.25, 0.3) is 33.4 Å². The first-order valence-corrected chi connectivity index (χ1v) is 21.0. The summed E-state index contributed by atoms with van der Waals surface area (Å²) in [5, 5.41) is 0. The fraction of sp³-hybridized carbons (Fsp3) is 0.208. The molecule has 1 aliphatic rings. The smallest absolute Gasteiger partial charge is 0.172 e. The quantitative estimate of drug-likeness (QED) is 0.119. The van der Waals surface area contributed by atoms with Gasteiger partial charge in [0, 0.05) is 0 Å². The van der Waals surface area contributed by atoms with Gasteiger partial charge in [0.2, 0.25) is 0 Å². The molecule has 0 fully saturated rings. The molecule has 0 nitrogen and oxygen atoms in total. The van der Waals surface area contributed by atoms with Crippen LogP contribution in [0.3, 0.4) is 0 Å². The molecule has 0 atom stereocenters. The number of rotatable bonds is 6. The van der Waals surface area contributed by atoms with E-state index in [4.69, 9.17) is 0 Å². The molecule has 1 aliphatic carbocycles. The van der Waals surface area contributed by atoms with Gasteiger partial charge >= 0.3 is 112 Å². The Morgan fingerprint density at radius 2 is 0.982 bits per heavy atom. The minimum absolute atomic E-state index is 0. The number of hydrogen-bond donors (Lipinski definition) is 0. The van der Waals surface area contributed by atoms with E-state index in [9.17, 15) is 0 Å². The summed E-state index contributed by atoms with van der Waals surface area (Å²) in [6.07, 6.45) is 3.23. The largest absolute Gasteiger partial charge is 0.214 e. The Hall–Kier alpha value is -4.01. The second-order valence-electron chi connectivity index (χ2n) is 16.3. The summed E-state index contributed by atoms with van der Waals surface area (Å²) in [6.45, 7) is 13.9. The molecule has 284 valence electrons. The Labute approximate surface area is 363 Å². The van der Waals surface area contributed by atoms with Crippen molar-refractivity contribution in [2.24, 2.45) is 0 Å². The van der Waals surface area contributed by atoms with Gasteiger partial charge in [-0.2, -0.15) is 18.2 Å². The maximum absolute atomic E-state index is 3.88. The van der Waals surface area contributed by atoms with E-state index in [2.05, 4.69) is 187 Å². The second-order valence-corrected chi connectivity index (χ2v) is 18.8. The van der Waals surface area contributed by atoms with Crippen molar-refractivity contribution >= 4 is 3.26 Å². The molecule has 0 bridgehead atoms. The molecule has 0 radical (unpaired) electrons. The zero-order chi connectivity index (χ0) is 38.1. The summed E-state index contributed by atoms with van der Waals surface area (Å²) < 4.78 is 1.65. The van der Waals surface area contributed by atoms with Crippen molar-refractivity contribution in [3.63, 3.8) is 0 Å². The van der Waals surface area contributed by atoms with Crippen molar-refractivity contribution in [2.45, 2.75) is 71.6 Å². The molecule has 0 saturated carbocycles. The molecule has 0 aromatic heterocycles. The summed E-state index contributed by atoms with van der Waals surface area (Å²) in [7, 11) is 0. The fourth-order valence-corrected chi connectivity index (χ4v) is 8.64. The molecule has 3 heteroatoms. The first kappa shape index (κ1) is 44.7.